The SMILES string of the molecule is Cc1cc(C(=N)c2cc(C(=O)NNC(=O)[C@H]3CCC4CCC3N4Cc3ccccc3F)ccc2[NH][Tl])ccn1. The molecule has 3 atom stereocenters. The van der Waals surface area contributed by atoms with E-state index < -0.39 is 5.91 Å². The van der Waals surface area contributed by atoms with Crippen LogP contribution in [-0.2, 0) is 11.3 Å². The van der Waals surface area contributed by atoms with E-state index in [-0.39, 0.29) is 29.4 Å². The third kappa shape index (κ3) is 5.88. The molecule has 2 saturated heterocycles. The Morgan fingerprint density at radius 1 is 1.05 bits per heavy atom. The molecule has 5 rings (SSSR count). The summed E-state index contributed by atoms with van der Waals surface area (Å²) in [7, 11) is 0. The first-order chi connectivity index (χ1) is 18.9. The molecule has 39 heavy (non-hydrogen) atoms. The average molecular weight is 718 g/mol. The van der Waals surface area contributed by atoms with Gasteiger partial charge in [0.05, 0.1) is 0 Å². The number of nitrogens with one attached hydrogen (secondary N) is 4. The van der Waals surface area contributed by atoms with E-state index >= 15 is 0 Å². The third-order valence-corrected chi connectivity index (χ3v) is 9.01. The van der Waals surface area contributed by atoms with Crippen molar-refractivity contribution >= 4 is 49.3 Å². The van der Waals surface area contributed by atoms with Crippen LogP contribution in [0.2, 0.25) is 0 Å². The van der Waals surface area contributed by atoms with Gasteiger partial charge in [-0.15, -0.1) is 0 Å². The molecule has 3 aromatic rings. The number of piperidine rings is 1. The van der Waals surface area contributed by atoms with Crippen LogP contribution < -0.4 is 14.0 Å². The van der Waals surface area contributed by atoms with Gasteiger partial charge in [-0.25, -0.2) is 4.39 Å². The number of hydrazine groups is 1. The van der Waals surface area contributed by atoms with Crippen molar-refractivity contribution in [1.29, 1.82) is 5.41 Å². The van der Waals surface area contributed by atoms with E-state index in [1.807, 2.05) is 19.1 Å². The number of benzene rings is 2. The summed E-state index contributed by atoms with van der Waals surface area (Å²) in [5.41, 5.74) is 9.39. The molecule has 3 heterocycles. The summed E-state index contributed by atoms with van der Waals surface area (Å²) in [6.45, 7) is 2.35. The van der Waals surface area contributed by atoms with Crippen LogP contribution in [-0.4, -0.2) is 65.6 Å². The number of rotatable bonds is 7. The van der Waals surface area contributed by atoms with Crippen LogP contribution in [0, 0.1) is 24.1 Å². The van der Waals surface area contributed by atoms with Gasteiger partial charge in [0.2, 0.25) is 0 Å². The number of fused-ring (bicyclic) bond motifs is 2. The zero-order valence-corrected chi connectivity index (χ0v) is 26.2. The normalized spacial score (nSPS) is 20.3. The number of hydrogen-bond acceptors (Lipinski definition) is 6. The number of carbonyl (C=O) groups excluding carboxylic acids is 2. The number of halogens is 1. The molecule has 2 fully saturated rings. The molecule has 0 radical (unpaired) electrons. The van der Waals surface area contributed by atoms with E-state index in [1.54, 1.807) is 42.6 Å². The fourth-order valence-corrected chi connectivity index (χ4v) is 6.78. The number of pyridine rings is 1. The molecule has 2 aromatic carbocycles. The number of hydrogen-bond donors (Lipinski definition) is 4. The van der Waals surface area contributed by atoms with Crippen molar-refractivity contribution in [2.75, 3.05) is 3.13 Å². The first kappa shape index (κ1) is 27.4. The van der Waals surface area contributed by atoms with Gasteiger partial charge < -0.3 is 0 Å². The van der Waals surface area contributed by atoms with Crippen molar-refractivity contribution in [2.24, 2.45) is 5.92 Å². The molecule has 0 spiro atoms. The van der Waals surface area contributed by atoms with Gasteiger partial charge in [-0.3, -0.25) is 0 Å². The fourth-order valence-electron chi connectivity index (χ4n) is 5.81. The van der Waals surface area contributed by atoms with Crippen molar-refractivity contribution in [3.63, 3.8) is 0 Å². The number of amides is 2. The predicted molar refractivity (Wildman–Crippen MR) is 148 cm³/mol. The number of aryl methyl sites for hydroxylation is 1. The van der Waals surface area contributed by atoms with Gasteiger partial charge in [0, 0.05) is 18.2 Å². The van der Waals surface area contributed by atoms with Crippen molar-refractivity contribution in [3.05, 3.63) is 94.6 Å². The second-order valence-electron chi connectivity index (χ2n) is 10.2. The zero-order valence-electron chi connectivity index (χ0n) is 21.7. The second-order valence-corrected chi connectivity index (χ2v) is 11.3. The van der Waals surface area contributed by atoms with E-state index in [0.29, 0.717) is 60.9 Å². The zero-order chi connectivity index (χ0) is 27.5. The summed E-state index contributed by atoms with van der Waals surface area (Å²) in [6.07, 6.45) is 5.13. The van der Waals surface area contributed by atoms with Crippen LogP contribution in [0.1, 0.15) is 58.4 Å². The Morgan fingerprint density at radius 3 is 2.62 bits per heavy atom. The Balaban J connectivity index is 1.26. The topological polar surface area (TPSA) is 110 Å². The number of carbonyl (C=O) groups is 2. The van der Waals surface area contributed by atoms with Gasteiger partial charge in [-0.2, -0.15) is 0 Å². The molecule has 2 unspecified atom stereocenters. The Labute approximate surface area is 243 Å². The first-order valence-corrected chi connectivity index (χ1v) is 15.3. The number of aromatic nitrogens is 1. The van der Waals surface area contributed by atoms with Crippen molar-refractivity contribution in [3.8, 4) is 0 Å². The van der Waals surface area contributed by atoms with Crippen LogP contribution in [0.25, 0.3) is 0 Å². The number of anilines is 1. The average Bonchev–Trinajstić information content (AvgIpc) is 3.20. The first-order valence-electron chi connectivity index (χ1n) is 13.1. The minimum atomic E-state index is -0.450. The van der Waals surface area contributed by atoms with Gasteiger partial charge in [0.1, 0.15) is 5.82 Å². The molecule has 2 bridgehead atoms. The van der Waals surface area contributed by atoms with Gasteiger partial charge in [-0.05, 0) is 12.5 Å². The summed E-state index contributed by atoms with van der Waals surface area (Å²) in [5, 5.41) is 8.73. The molecular formula is C29H30FN6O2Tl. The van der Waals surface area contributed by atoms with Crippen molar-refractivity contribution < 1.29 is 14.0 Å². The standard InChI is InChI=1S/C29H31FN6O2.Tl/c1-17-14-18(12-13-33-17)27(32)23-15-19(6-10-25(23)31)28(37)34-35-29(38)22-9-7-21-8-11-26(22)36(21)16-20-4-2-3-5-24(20)30;/h2-6,10,12-15,21-22,26H,7-9,11,16H2,1H3,(H5,31,32,33,34,35,37,38);/q;+1/p-1/t21?,22-,26?;/m0./s1. The van der Waals surface area contributed by atoms with E-state index in [1.165, 1.54) is 6.07 Å². The summed E-state index contributed by atoms with van der Waals surface area (Å²) in [4.78, 5) is 32.7. The van der Waals surface area contributed by atoms with Crippen LogP contribution in [0.5, 0.6) is 0 Å². The van der Waals surface area contributed by atoms with Crippen LogP contribution in [0.3, 0.4) is 0 Å². The van der Waals surface area contributed by atoms with Crippen LogP contribution in [0.4, 0.5) is 10.1 Å². The fraction of sp³-hybridized carbons (Fsp3) is 0.310. The Morgan fingerprint density at radius 2 is 1.85 bits per heavy atom. The molecule has 2 amide bonds. The molecule has 2 aliphatic rings. The van der Waals surface area contributed by atoms with Crippen molar-refractivity contribution in [2.45, 2.75) is 51.2 Å². The summed E-state index contributed by atoms with van der Waals surface area (Å²) >= 11 is 0.461. The van der Waals surface area contributed by atoms with Gasteiger partial charge in [-0.1, -0.05) is 18.2 Å². The Hall–Kier alpha value is -3.19. The predicted octanol–water partition coefficient (Wildman–Crippen LogP) is 3.64. The van der Waals surface area contributed by atoms with Gasteiger partial charge in [0.25, 0.3) is 0 Å². The van der Waals surface area contributed by atoms with E-state index in [4.69, 9.17) is 5.41 Å². The molecule has 1 aromatic heterocycles. The van der Waals surface area contributed by atoms with E-state index in [9.17, 15) is 14.0 Å². The Kier molecular flexibility index (Phi) is 8.36. The molecule has 10 heteroatoms. The van der Waals surface area contributed by atoms with E-state index in [2.05, 4.69) is 23.9 Å². The molecule has 198 valence electrons. The minimum absolute atomic E-state index is 0.0102. The van der Waals surface area contributed by atoms with Crippen molar-refractivity contribution in [1.82, 2.24) is 20.7 Å². The van der Waals surface area contributed by atoms with Gasteiger partial charge in [0.15, 0.2) is 0 Å². The van der Waals surface area contributed by atoms with Gasteiger partial charge >= 0.3 is 185 Å². The molecule has 4 N–H and O–H groups in total. The summed E-state index contributed by atoms with van der Waals surface area (Å²) in [5.74, 6) is -1.19. The third-order valence-electron chi connectivity index (χ3n) is 7.80. The summed E-state index contributed by atoms with van der Waals surface area (Å²) < 4.78 is 17.6. The Bertz CT molecular complexity index is 1420. The second kappa shape index (κ2) is 11.9. The monoisotopic (exact) mass is 718 g/mol. The quantitative estimate of drug-likeness (QED) is 0.170. The summed E-state index contributed by atoms with van der Waals surface area (Å²) in [6, 6.07) is 15.9. The number of nitrogens with zero attached hydrogens (tertiary/aromatic N) is 2. The maximum atomic E-state index is 14.3. The molecule has 0 aliphatic carbocycles. The van der Waals surface area contributed by atoms with Crippen LogP contribution in [0.15, 0.2) is 60.8 Å². The molecule has 2 aliphatic heterocycles. The van der Waals surface area contributed by atoms with E-state index in [0.717, 1.165) is 37.1 Å². The maximum absolute atomic E-state index is 14.3. The van der Waals surface area contributed by atoms with Crippen LogP contribution >= 0.6 is 0 Å². The molecule has 8 nitrogen and oxygen atoms in total. The molecule has 0 saturated carbocycles. The molecular weight excluding hydrogens is 688 g/mol.